The average molecular weight is 405 g/mol. The predicted molar refractivity (Wildman–Crippen MR) is 111 cm³/mol. The van der Waals surface area contributed by atoms with Crippen LogP contribution in [0.3, 0.4) is 0 Å². The Bertz CT molecular complexity index is 973. The lowest BCUT2D eigenvalue weighted by Gasteiger charge is -2.13. The quantitative estimate of drug-likeness (QED) is 0.368. The van der Waals surface area contributed by atoms with Gasteiger partial charge in [-0.15, -0.1) is 0 Å². The van der Waals surface area contributed by atoms with Gasteiger partial charge in [0.05, 0.1) is 19.7 Å². The number of benzene rings is 2. The van der Waals surface area contributed by atoms with Crippen LogP contribution in [0.1, 0.15) is 34.5 Å². The molecule has 0 saturated heterocycles. The maximum Gasteiger partial charge on any atom is 0.305 e. The van der Waals surface area contributed by atoms with Crippen LogP contribution in [0.5, 0.6) is 11.5 Å². The Morgan fingerprint density at radius 2 is 1.43 bits per heavy atom. The number of aromatic nitrogens is 1. The summed E-state index contributed by atoms with van der Waals surface area (Å²) in [5.41, 5.74) is 2.14. The van der Waals surface area contributed by atoms with Crippen molar-refractivity contribution >= 4 is 11.8 Å². The Morgan fingerprint density at radius 3 is 2.03 bits per heavy atom. The molecule has 6 nitrogen and oxygen atoms in total. The van der Waals surface area contributed by atoms with Crippen molar-refractivity contribution in [1.82, 2.24) is 4.98 Å². The maximum atomic E-state index is 12.6. The van der Waals surface area contributed by atoms with Crippen LogP contribution in [0.4, 0.5) is 0 Å². The van der Waals surface area contributed by atoms with Crippen molar-refractivity contribution in [2.24, 2.45) is 0 Å². The molecule has 0 spiro atoms. The van der Waals surface area contributed by atoms with E-state index in [0.717, 1.165) is 11.1 Å². The highest BCUT2D eigenvalue weighted by atomic mass is 16.5. The highest BCUT2D eigenvalue weighted by Crippen LogP contribution is 2.26. The highest BCUT2D eigenvalue weighted by Gasteiger charge is 2.18. The van der Waals surface area contributed by atoms with Gasteiger partial charge < -0.3 is 14.2 Å². The van der Waals surface area contributed by atoms with Crippen molar-refractivity contribution in [3.63, 3.8) is 0 Å². The third kappa shape index (κ3) is 6.17. The van der Waals surface area contributed by atoms with E-state index < -0.39 is 5.97 Å². The fourth-order valence-corrected chi connectivity index (χ4v) is 2.74. The molecule has 0 N–H and O–H groups in total. The van der Waals surface area contributed by atoms with E-state index in [4.69, 9.17) is 9.47 Å². The van der Waals surface area contributed by atoms with E-state index in [2.05, 4.69) is 9.72 Å². The van der Waals surface area contributed by atoms with E-state index >= 15 is 0 Å². The fourth-order valence-electron chi connectivity index (χ4n) is 2.74. The number of carbonyl (C=O) groups excluding carboxylic acids is 2. The van der Waals surface area contributed by atoms with Crippen LogP contribution in [-0.4, -0.2) is 23.8 Å². The molecule has 3 rings (SSSR count). The second kappa shape index (κ2) is 10.8. The van der Waals surface area contributed by atoms with Crippen LogP contribution in [0, 0.1) is 0 Å². The minimum atomic E-state index is -0.446. The van der Waals surface area contributed by atoms with E-state index in [1.54, 1.807) is 6.07 Å². The number of carbonyl (C=O) groups is 2. The van der Waals surface area contributed by atoms with E-state index in [1.807, 2.05) is 60.7 Å². The molecule has 2 aromatic carbocycles. The summed E-state index contributed by atoms with van der Waals surface area (Å²) in [5.74, 6) is 0.0710. The average Bonchev–Trinajstić information content (AvgIpc) is 2.81. The lowest BCUT2D eigenvalue weighted by Crippen LogP contribution is -2.10. The molecule has 0 unspecified atom stereocenters. The Labute approximate surface area is 175 Å². The second-order valence-electron chi connectivity index (χ2n) is 6.57. The summed E-state index contributed by atoms with van der Waals surface area (Å²) in [7, 11) is 1.29. The van der Waals surface area contributed by atoms with Crippen LogP contribution >= 0.6 is 0 Å². The van der Waals surface area contributed by atoms with Crippen LogP contribution < -0.4 is 9.47 Å². The molecule has 0 aliphatic rings. The van der Waals surface area contributed by atoms with Crippen LogP contribution in [0.2, 0.25) is 0 Å². The smallest absolute Gasteiger partial charge is 0.305 e. The number of Topliss-reactive ketones (excluding diaryl/α,β-unsaturated/α-hetero) is 1. The van der Waals surface area contributed by atoms with Gasteiger partial charge in [-0.1, -0.05) is 60.7 Å². The zero-order chi connectivity index (χ0) is 21.2. The third-order valence-electron chi connectivity index (χ3n) is 4.36. The Balaban J connectivity index is 1.75. The van der Waals surface area contributed by atoms with Crippen molar-refractivity contribution in [2.45, 2.75) is 26.1 Å². The van der Waals surface area contributed by atoms with Crippen LogP contribution in [0.25, 0.3) is 0 Å². The number of hydrogen-bond donors (Lipinski definition) is 0. The summed E-state index contributed by atoms with van der Waals surface area (Å²) < 4.78 is 16.3. The summed E-state index contributed by atoms with van der Waals surface area (Å²) in [6.45, 7) is 0.651. The van der Waals surface area contributed by atoms with Gasteiger partial charge in [0.1, 0.15) is 24.7 Å². The van der Waals surface area contributed by atoms with Gasteiger partial charge in [0, 0.05) is 12.5 Å². The largest absolute Gasteiger partial charge is 0.487 e. The normalized spacial score (nSPS) is 10.3. The summed E-state index contributed by atoms with van der Waals surface area (Å²) in [6.07, 6.45) is 1.47. The van der Waals surface area contributed by atoms with Crippen molar-refractivity contribution in [1.29, 1.82) is 0 Å². The molecule has 0 aliphatic carbocycles. The van der Waals surface area contributed by atoms with Gasteiger partial charge in [0.25, 0.3) is 0 Å². The molecule has 0 aliphatic heterocycles. The minimum absolute atomic E-state index is 0.00834. The molecule has 154 valence electrons. The molecule has 0 amide bonds. The van der Waals surface area contributed by atoms with Gasteiger partial charge in [-0.3, -0.25) is 9.59 Å². The number of rotatable bonds is 10. The molecule has 1 heterocycles. The number of nitrogens with zero attached hydrogens (tertiary/aromatic N) is 1. The number of hydrogen-bond acceptors (Lipinski definition) is 6. The summed E-state index contributed by atoms with van der Waals surface area (Å²) in [6, 6.07) is 21.0. The van der Waals surface area contributed by atoms with Gasteiger partial charge in [-0.25, -0.2) is 4.98 Å². The zero-order valence-electron chi connectivity index (χ0n) is 16.7. The Morgan fingerprint density at radius 1 is 0.833 bits per heavy atom. The zero-order valence-corrected chi connectivity index (χ0v) is 16.7. The first-order valence-electron chi connectivity index (χ1n) is 9.59. The predicted octanol–water partition coefficient (Wildman–Crippen LogP) is 4.38. The lowest BCUT2D eigenvalue weighted by molar-refractivity contribution is -0.140. The Kier molecular flexibility index (Phi) is 7.55. The summed E-state index contributed by atoms with van der Waals surface area (Å²) in [5, 5.41) is 0. The van der Waals surface area contributed by atoms with E-state index in [0.29, 0.717) is 18.1 Å². The van der Waals surface area contributed by atoms with Crippen molar-refractivity contribution in [3.05, 3.63) is 89.7 Å². The van der Waals surface area contributed by atoms with Crippen LogP contribution in [0.15, 0.2) is 72.9 Å². The van der Waals surface area contributed by atoms with E-state index in [1.165, 1.54) is 13.3 Å². The lowest BCUT2D eigenvalue weighted by atomic mass is 10.1. The van der Waals surface area contributed by atoms with Crippen molar-refractivity contribution in [2.75, 3.05) is 7.11 Å². The molecule has 1 aromatic heterocycles. The van der Waals surface area contributed by atoms with Crippen molar-refractivity contribution in [3.8, 4) is 11.5 Å². The highest BCUT2D eigenvalue weighted by molar-refractivity contribution is 5.98. The molecule has 0 saturated carbocycles. The van der Waals surface area contributed by atoms with E-state index in [-0.39, 0.29) is 30.9 Å². The molecular formula is C24H23NO5. The molecule has 3 aromatic rings. The minimum Gasteiger partial charge on any atom is -0.487 e. The van der Waals surface area contributed by atoms with Gasteiger partial charge >= 0.3 is 5.97 Å². The summed E-state index contributed by atoms with van der Waals surface area (Å²) >= 11 is 0. The SMILES string of the molecule is COC(=O)CCC(=O)c1ncc(OCc2ccccc2)cc1OCc1ccccc1. The standard InChI is InChI=1S/C24H23NO5/c1-28-23(27)13-12-21(26)24-22(30-17-19-10-6-3-7-11-19)14-20(15-25-24)29-16-18-8-4-2-5-9-18/h2-11,14-15H,12-13,16-17H2,1H3. The van der Waals surface area contributed by atoms with Gasteiger partial charge in [-0.2, -0.15) is 0 Å². The van der Waals surface area contributed by atoms with Crippen molar-refractivity contribution < 1.29 is 23.8 Å². The van der Waals surface area contributed by atoms with Gasteiger partial charge in [0.2, 0.25) is 0 Å². The molecule has 6 heteroatoms. The number of methoxy groups -OCH3 is 1. The maximum absolute atomic E-state index is 12.6. The molecular weight excluding hydrogens is 382 g/mol. The molecule has 0 radical (unpaired) electrons. The third-order valence-corrected chi connectivity index (χ3v) is 4.36. The number of esters is 1. The molecule has 30 heavy (non-hydrogen) atoms. The number of pyridine rings is 1. The van der Waals surface area contributed by atoms with Crippen LogP contribution in [-0.2, 0) is 22.7 Å². The van der Waals surface area contributed by atoms with Gasteiger partial charge in [-0.05, 0) is 11.1 Å². The second-order valence-corrected chi connectivity index (χ2v) is 6.57. The Hall–Kier alpha value is -3.67. The first kappa shape index (κ1) is 21.0. The van der Waals surface area contributed by atoms with E-state index in [9.17, 15) is 9.59 Å². The monoisotopic (exact) mass is 405 g/mol. The molecule has 0 atom stereocenters. The molecule has 0 bridgehead atoms. The van der Waals surface area contributed by atoms with Gasteiger partial charge in [0.15, 0.2) is 11.5 Å². The first-order chi connectivity index (χ1) is 14.7. The molecule has 0 fully saturated rings. The number of ketones is 1. The fraction of sp³-hybridized carbons (Fsp3) is 0.208. The summed E-state index contributed by atoms with van der Waals surface area (Å²) in [4.78, 5) is 28.2. The topological polar surface area (TPSA) is 74.7 Å². The first-order valence-corrected chi connectivity index (χ1v) is 9.59. The number of ether oxygens (including phenoxy) is 3.